The van der Waals surface area contributed by atoms with Crippen LogP contribution in [0.25, 0.3) is 4.48 Å². The lowest BCUT2D eigenvalue weighted by Gasteiger charge is -2.05. The minimum Gasteiger partial charge on any atom is -0.374 e. The van der Waals surface area contributed by atoms with E-state index in [-0.39, 0.29) is 0 Å². The molecule has 0 spiro atoms. The van der Waals surface area contributed by atoms with E-state index in [0.29, 0.717) is 6.10 Å². The van der Waals surface area contributed by atoms with Crippen LogP contribution in [0.15, 0.2) is 30.3 Å². The molecular formula is C13H15BrO. The van der Waals surface area contributed by atoms with Crippen LogP contribution in [0.1, 0.15) is 24.0 Å². The number of aryl methyl sites for hydroxylation is 1. The molecule has 80 valence electrons. The van der Waals surface area contributed by atoms with Crippen molar-refractivity contribution in [3.63, 3.8) is 0 Å². The molecule has 1 nitrogen and oxygen atoms in total. The van der Waals surface area contributed by atoms with Crippen LogP contribution in [-0.2, 0) is 4.74 Å². The largest absolute Gasteiger partial charge is 0.374 e. The normalized spacial score (nSPS) is 22.0. The molecule has 1 atom stereocenters. The topological polar surface area (TPSA) is 9.23 Å². The summed E-state index contributed by atoms with van der Waals surface area (Å²) in [4.78, 5) is 0. The molecule has 1 aromatic carbocycles. The fourth-order valence-corrected chi connectivity index (χ4v) is 2.27. The average Bonchev–Trinajstić information content (AvgIpc) is 2.71. The van der Waals surface area contributed by atoms with E-state index in [0.717, 1.165) is 17.5 Å². The van der Waals surface area contributed by atoms with Gasteiger partial charge in [0, 0.05) is 11.1 Å². The zero-order chi connectivity index (χ0) is 10.7. The van der Waals surface area contributed by atoms with Crippen LogP contribution >= 0.6 is 15.9 Å². The second kappa shape index (κ2) is 4.95. The lowest BCUT2D eigenvalue weighted by atomic mass is 10.1. The monoisotopic (exact) mass is 266 g/mol. The highest BCUT2D eigenvalue weighted by Gasteiger charge is 2.13. The summed E-state index contributed by atoms with van der Waals surface area (Å²) in [6, 6.07) is 8.51. The van der Waals surface area contributed by atoms with Crippen molar-refractivity contribution in [2.24, 2.45) is 0 Å². The molecule has 1 fully saturated rings. The van der Waals surface area contributed by atoms with Gasteiger partial charge in [0.25, 0.3) is 0 Å². The minimum atomic E-state index is 0.292. The van der Waals surface area contributed by atoms with E-state index in [2.05, 4.69) is 53.2 Å². The molecule has 1 aliphatic rings. The molecule has 2 heteroatoms. The summed E-state index contributed by atoms with van der Waals surface area (Å²) in [5, 5.41) is 0. The Morgan fingerprint density at radius 2 is 2.13 bits per heavy atom. The van der Waals surface area contributed by atoms with E-state index >= 15 is 0 Å². The standard InChI is InChI=1S/C13H15BrO/c1-10-4-6-11(7-5-10)13(14)9-12-3-2-8-15-12/h4-7,9,12H,2-3,8H2,1H3/b13-9-. The lowest BCUT2D eigenvalue weighted by Crippen LogP contribution is -1.99. The molecule has 1 heterocycles. The predicted molar refractivity (Wildman–Crippen MR) is 67.1 cm³/mol. The number of benzene rings is 1. The highest BCUT2D eigenvalue weighted by molar-refractivity contribution is 9.15. The van der Waals surface area contributed by atoms with Crippen molar-refractivity contribution in [1.29, 1.82) is 0 Å². The Morgan fingerprint density at radius 1 is 1.40 bits per heavy atom. The van der Waals surface area contributed by atoms with E-state index in [1.807, 2.05) is 0 Å². The summed E-state index contributed by atoms with van der Waals surface area (Å²) >= 11 is 3.60. The van der Waals surface area contributed by atoms with Gasteiger partial charge in [0.15, 0.2) is 0 Å². The Labute approximate surface area is 99.3 Å². The zero-order valence-electron chi connectivity index (χ0n) is 8.87. The molecule has 0 N–H and O–H groups in total. The molecule has 0 radical (unpaired) electrons. The van der Waals surface area contributed by atoms with Crippen molar-refractivity contribution in [2.75, 3.05) is 6.61 Å². The van der Waals surface area contributed by atoms with Crippen molar-refractivity contribution in [3.8, 4) is 0 Å². The van der Waals surface area contributed by atoms with Gasteiger partial charge in [-0.05, 0) is 31.4 Å². The smallest absolute Gasteiger partial charge is 0.0770 e. The van der Waals surface area contributed by atoms with Crippen molar-refractivity contribution < 1.29 is 4.74 Å². The summed E-state index contributed by atoms with van der Waals surface area (Å²) < 4.78 is 6.70. The van der Waals surface area contributed by atoms with Gasteiger partial charge in [0.05, 0.1) is 6.10 Å². The number of halogens is 1. The van der Waals surface area contributed by atoms with E-state index in [1.54, 1.807) is 0 Å². The SMILES string of the molecule is Cc1ccc(/C(Br)=C/C2CCCO2)cc1. The third-order valence-electron chi connectivity index (χ3n) is 2.62. The van der Waals surface area contributed by atoms with E-state index in [1.165, 1.54) is 17.5 Å². The maximum Gasteiger partial charge on any atom is 0.0770 e. The Morgan fingerprint density at radius 3 is 2.73 bits per heavy atom. The first kappa shape index (κ1) is 10.9. The lowest BCUT2D eigenvalue weighted by molar-refractivity contribution is 0.146. The third-order valence-corrected chi connectivity index (χ3v) is 3.35. The van der Waals surface area contributed by atoms with Crippen LogP contribution in [0.4, 0.5) is 0 Å². The van der Waals surface area contributed by atoms with Crippen LogP contribution in [-0.4, -0.2) is 12.7 Å². The van der Waals surface area contributed by atoms with Gasteiger partial charge in [-0.3, -0.25) is 0 Å². The Balaban J connectivity index is 2.12. The molecule has 0 aromatic heterocycles. The summed E-state index contributed by atoms with van der Waals surface area (Å²) in [7, 11) is 0. The molecule has 0 amide bonds. The van der Waals surface area contributed by atoms with E-state index in [9.17, 15) is 0 Å². The maximum atomic E-state index is 5.56. The van der Waals surface area contributed by atoms with Gasteiger partial charge in [-0.1, -0.05) is 45.8 Å². The van der Waals surface area contributed by atoms with Gasteiger partial charge < -0.3 is 4.74 Å². The van der Waals surface area contributed by atoms with Crippen LogP contribution in [0.5, 0.6) is 0 Å². The number of hydrogen-bond acceptors (Lipinski definition) is 1. The molecule has 0 aliphatic carbocycles. The van der Waals surface area contributed by atoms with Crippen LogP contribution < -0.4 is 0 Å². The highest BCUT2D eigenvalue weighted by atomic mass is 79.9. The summed E-state index contributed by atoms with van der Waals surface area (Å²) in [5.41, 5.74) is 2.51. The molecule has 0 saturated carbocycles. The predicted octanol–water partition coefficient (Wildman–Crippen LogP) is 3.91. The van der Waals surface area contributed by atoms with Gasteiger partial charge in [-0.15, -0.1) is 0 Å². The summed E-state index contributed by atoms with van der Waals surface area (Å²) in [6.07, 6.45) is 4.77. The van der Waals surface area contributed by atoms with Gasteiger partial charge in [-0.2, -0.15) is 0 Å². The highest BCUT2D eigenvalue weighted by Crippen LogP contribution is 2.25. The molecular weight excluding hydrogens is 252 g/mol. The second-order valence-electron chi connectivity index (χ2n) is 3.93. The quantitative estimate of drug-likeness (QED) is 0.789. The third kappa shape index (κ3) is 2.93. The Hall–Kier alpha value is -0.600. The van der Waals surface area contributed by atoms with Gasteiger partial charge in [0.1, 0.15) is 0 Å². The first-order valence-electron chi connectivity index (χ1n) is 5.31. The van der Waals surface area contributed by atoms with E-state index < -0.39 is 0 Å². The molecule has 1 unspecified atom stereocenters. The van der Waals surface area contributed by atoms with Crippen LogP contribution in [0, 0.1) is 6.92 Å². The molecule has 1 aliphatic heterocycles. The fraction of sp³-hybridized carbons (Fsp3) is 0.385. The molecule has 1 saturated heterocycles. The van der Waals surface area contributed by atoms with Crippen molar-refractivity contribution >= 4 is 20.4 Å². The summed E-state index contributed by atoms with van der Waals surface area (Å²) in [6.45, 7) is 3.00. The molecule has 2 rings (SSSR count). The van der Waals surface area contributed by atoms with Crippen molar-refractivity contribution in [2.45, 2.75) is 25.9 Å². The number of rotatable bonds is 2. The maximum absolute atomic E-state index is 5.56. The van der Waals surface area contributed by atoms with E-state index in [4.69, 9.17) is 4.74 Å². The number of hydrogen-bond donors (Lipinski definition) is 0. The summed E-state index contributed by atoms with van der Waals surface area (Å²) in [5.74, 6) is 0. The first-order valence-corrected chi connectivity index (χ1v) is 6.11. The Bertz CT molecular complexity index is 347. The molecule has 0 bridgehead atoms. The van der Waals surface area contributed by atoms with Gasteiger partial charge in [0.2, 0.25) is 0 Å². The molecule has 15 heavy (non-hydrogen) atoms. The first-order chi connectivity index (χ1) is 7.25. The van der Waals surface area contributed by atoms with Gasteiger partial charge in [-0.25, -0.2) is 0 Å². The van der Waals surface area contributed by atoms with Gasteiger partial charge >= 0.3 is 0 Å². The minimum absolute atomic E-state index is 0.292. The second-order valence-corrected chi connectivity index (χ2v) is 4.79. The molecule has 1 aromatic rings. The number of ether oxygens (including phenoxy) is 1. The fourth-order valence-electron chi connectivity index (χ4n) is 1.71. The van der Waals surface area contributed by atoms with Crippen molar-refractivity contribution in [3.05, 3.63) is 41.5 Å². The van der Waals surface area contributed by atoms with Crippen LogP contribution in [0.2, 0.25) is 0 Å². The average molecular weight is 267 g/mol. The van der Waals surface area contributed by atoms with Crippen molar-refractivity contribution in [1.82, 2.24) is 0 Å². The van der Waals surface area contributed by atoms with Crippen LogP contribution in [0.3, 0.4) is 0 Å². The zero-order valence-corrected chi connectivity index (χ0v) is 10.5. The Kier molecular flexibility index (Phi) is 3.60.